The minimum Gasteiger partial charge on any atom is -0.478 e. The minimum absolute atomic E-state index is 0.290. The fourth-order valence-electron chi connectivity index (χ4n) is 2.05. The van der Waals surface area contributed by atoms with Crippen molar-refractivity contribution in [1.29, 1.82) is 0 Å². The third-order valence-electron chi connectivity index (χ3n) is 2.94. The molecular formula is C13H15NO3. The maximum Gasteiger partial charge on any atom is 0.335 e. The topological polar surface area (TPSA) is 57.6 Å². The monoisotopic (exact) mass is 233 g/mol. The molecular weight excluding hydrogens is 218 g/mol. The Kier molecular flexibility index (Phi) is 3.54. The number of nitrogens with zero attached hydrogens (tertiary/aromatic N) is 1. The summed E-state index contributed by atoms with van der Waals surface area (Å²) in [5, 5.41) is 8.78. The van der Waals surface area contributed by atoms with Gasteiger partial charge in [-0.25, -0.2) is 4.79 Å². The Balaban J connectivity index is 1.98. The number of carbonyl (C=O) groups excluding carboxylic acids is 1. The van der Waals surface area contributed by atoms with Crippen molar-refractivity contribution in [2.75, 3.05) is 13.1 Å². The molecule has 4 heteroatoms. The number of carbonyl (C=O) groups is 2. The molecule has 1 saturated heterocycles. The highest BCUT2D eigenvalue weighted by Gasteiger charge is 2.16. The molecule has 1 N–H and O–H groups in total. The van der Waals surface area contributed by atoms with Crippen LogP contribution < -0.4 is 0 Å². The molecule has 1 fully saturated rings. The molecule has 0 saturated carbocycles. The lowest BCUT2D eigenvalue weighted by molar-refractivity contribution is -0.122. The zero-order valence-electron chi connectivity index (χ0n) is 9.56. The summed E-state index contributed by atoms with van der Waals surface area (Å²) in [4.78, 5) is 24.1. The molecule has 1 aromatic carbocycles. The van der Waals surface area contributed by atoms with Crippen LogP contribution in [0.25, 0.3) is 0 Å². The van der Waals surface area contributed by atoms with Gasteiger partial charge in [0.2, 0.25) is 0 Å². The van der Waals surface area contributed by atoms with Gasteiger partial charge in [-0.05, 0) is 30.7 Å². The number of piperidine rings is 1. The first kappa shape index (κ1) is 11.8. The molecule has 1 aromatic rings. The maximum atomic E-state index is 11.3. The van der Waals surface area contributed by atoms with Gasteiger partial charge in [-0.1, -0.05) is 12.1 Å². The highest BCUT2D eigenvalue weighted by Crippen LogP contribution is 2.12. The van der Waals surface area contributed by atoms with Gasteiger partial charge in [-0.2, -0.15) is 0 Å². The van der Waals surface area contributed by atoms with Crippen LogP contribution in [-0.4, -0.2) is 34.8 Å². The lowest BCUT2D eigenvalue weighted by atomic mass is 10.1. The Morgan fingerprint density at radius 3 is 2.59 bits per heavy atom. The predicted molar refractivity (Wildman–Crippen MR) is 62.9 cm³/mol. The molecule has 0 aromatic heterocycles. The van der Waals surface area contributed by atoms with Crippen LogP contribution in [0, 0.1) is 0 Å². The SMILES string of the molecule is O=C1CCCN(Cc2ccc(C(=O)O)cc2)C1. The zero-order valence-corrected chi connectivity index (χ0v) is 9.56. The largest absolute Gasteiger partial charge is 0.478 e. The number of carboxylic acid groups (broad SMARTS) is 1. The zero-order chi connectivity index (χ0) is 12.3. The average Bonchev–Trinajstić information content (AvgIpc) is 2.29. The van der Waals surface area contributed by atoms with E-state index in [-0.39, 0.29) is 0 Å². The van der Waals surface area contributed by atoms with Gasteiger partial charge >= 0.3 is 5.97 Å². The van der Waals surface area contributed by atoms with Crippen LogP contribution in [0.5, 0.6) is 0 Å². The Labute approximate surface area is 99.9 Å². The number of carboxylic acids is 1. The molecule has 17 heavy (non-hydrogen) atoms. The Morgan fingerprint density at radius 1 is 1.29 bits per heavy atom. The van der Waals surface area contributed by atoms with Gasteiger partial charge in [0, 0.05) is 13.0 Å². The highest BCUT2D eigenvalue weighted by molar-refractivity contribution is 5.87. The summed E-state index contributed by atoms with van der Waals surface area (Å²) in [5.41, 5.74) is 1.34. The van der Waals surface area contributed by atoms with Gasteiger partial charge in [0.25, 0.3) is 0 Å². The van der Waals surface area contributed by atoms with Gasteiger partial charge in [0.05, 0.1) is 12.1 Å². The van der Waals surface area contributed by atoms with Crippen LogP contribution in [0.1, 0.15) is 28.8 Å². The number of hydrogen-bond donors (Lipinski definition) is 1. The molecule has 1 aliphatic heterocycles. The summed E-state index contributed by atoms with van der Waals surface area (Å²) in [5.74, 6) is -0.622. The number of rotatable bonds is 3. The molecule has 0 spiro atoms. The van der Waals surface area contributed by atoms with Gasteiger partial charge in [-0.15, -0.1) is 0 Å². The summed E-state index contributed by atoms with van der Waals surface area (Å²) in [7, 11) is 0. The van der Waals surface area contributed by atoms with E-state index < -0.39 is 5.97 Å². The molecule has 0 unspecified atom stereocenters. The van der Waals surface area contributed by atoms with E-state index in [4.69, 9.17) is 5.11 Å². The third-order valence-corrected chi connectivity index (χ3v) is 2.94. The van der Waals surface area contributed by atoms with E-state index in [1.54, 1.807) is 12.1 Å². The normalized spacial score (nSPS) is 17.1. The lowest BCUT2D eigenvalue weighted by Gasteiger charge is -2.25. The smallest absolute Gasteiger partial charge is 0.335 e. The molecule has 90 valence electrons. The molecule has 0 atom stereocenters. The van der Waals surface area contributed by atoms with Crippen LogP contribution in [0.2, 0.25) is 0 Å². The second-order valence-corrected chi connectivity index (χ2v) is 4.35. The second kappa shape index (κ2) is 5.10. The van der Waals surface area contributed by atoms with E-state index in [9.17, 15) is 9.59 Å². The second-order valence-electron chi connectivity index (χ2n) is 4.35. The maximum absolute atomic E-state index is 11.3. The van der Waals surface area contributed by atoms with Crippen molar-refractivity contribution in [3.8, 4) is 0 Å². The Hall–Kier alpha value is -1.68. The van der Waals surface area contributed by atoms with Crippen LogP contribution in [-0.2, 0) is 11.3 Å². The van der Waals surface area contributed by atoms with Crippen LogP contribution in [0.15, 0.2) is 24.3 Å². The third kappa shape index (κ3) is 3.14. The van der Waals surface area contributed by atoms with E-state index in [1.807, 2.05) is 12.1 Å². The minimum atomic E-state index is -0.912. The average molecular weight is 233 g/mol. The molecule has 1 heterocycles. The predicted octanol–water partition coefficient (Wildman–Crippen LogP) is 1.55. The number of aromatic carboxylic acids is 1. The summed E-state index contributed by atoms with van der Waals surface area (Å²) in [6.45, 7) is 2.17. The number of benzene rings is 1. The highest BCUT2D eigenvalue weighted by atomic mass is 16.4. The summed E-state index contributed by atoms with van der Waals surface area (Å²) in [6, 6.07) is 6.82. The number of likely N-dealkylation sites (tertiary alicyclic amines) is 1. The van der Waals surface area contributed by atoms with Crippen LogP contribution >= 0.6 is 0 Å². The molecule has 0 amide bonds. The van der Waals surface area contributed by atoms with Crippen LogP contribution in [0.4, 0.5) is 0 Å². The Morgan fingerprint density at radius 2 is 2.00 bits per heavy atom. The quantitative estimate of drug-likeness (QED) is 0.860. The molecule has 0 radical (unpaired) electrons. The van der Waals surface area contributed by atoms with Crippen LogP contribution in [0.3, 0.4) is 0 Å². The Bertz CT molecular complexity index is 425. The van der Waals surface area contributed by atoms with Crippen molar-refractivity contribution in [3.63, 3.8) is 0 Å². The van der Waals surface area contributed by atoms with Crippen molar-refractivity contribution < 1.29 is 14.7 Å². The van der Waals surface area contributed by atoms with E-state index in [0.29, 0.717) is 30.9 Å². The van der Waals surface area contributed by atoms with Crippen molar-refractivity contribution in [2.45, 2.75) is 19.4 Å². The van der Waals surface area contributed by atoms with E-state index in [1.165, 1.54) is 0 Å². The first-order valence-corrected chi connectivity index (χ1v) is 5.71. The van der Waals surface area contributed by atoms with Gasteiger partial charge < -0.3 is 5.11 Å². The van der Waals surface area contributed by atoms with Crippen molar-refractivity contribution in [1.82, 2.24) is 4.90 Å². The van der Waals surface area contributed by atoms with Gasteiger partial charge in [0.1, 0.15) is 5.78 Å². The standard InChI is InChI=1S/C13H15NO3/c15-12-2-1-7-14(9-12)8-10-3-5-11(6-4-10)13(16)17/h3-6H,1-2,7-9H2,(H,16,17). The molecule has 0 aliphatic carbocycles. The fraction of sp³-hybridized carbons (Fsp3) is 0.385. The number of ketones is 1. The molecule has 4 nitrogen and oxygen atoms in total. The number of hydrogen-bond acceptors (Lipinski definition) is 3. The van der Waals surface area contributed by atoms with E-state index >= 15 is 0 Å². The van der Waals surface area contributed by atoms with Crippen molar-refractivity contribution in [2.24, 2.45) is 0 Å². The summed E-state index contributed by atoms with van der Waals surface area (Å²) < 4.78 is 0. The summed E-state index contributed by atoms with van der Waals surface area (Å²) >= 11 is 0. The first-order chi connectivity index (χ1) is 8.15. The molecule has 0 bridgehead atoms. The van der Waals surface area contributed by atoms with Gasteiger partial charge in [0.15, 0.2) is 0 Å². The van der Waals surface area contributed by atoms with E-state index in [0.717, 1.165) is 18.5 Å². The van der Waals surface area contributed by atoms with Crippen molar-refractivity contribution >= 4 is 11.8 Å². The molecule has 2 rings (SSSR count). The fourth-order valence-corrected chi connectivity index (χ4v) is 2.05. The lowest BCUT2D eigenvalue weighted by Crippen LogP contribution is -2.34. The molecule has 1 aliphatic rings. The first-order valence-electron chi connectivity index (χ1n) is 5.71. The van der Waals surface area contributed by atoms with E-state index in [2.05, 4.69) is 4.90 Å². The van der Waals surface area contributed by atoms with Crippen molar-refractivity contribution in [3.05, 3.63) is 35.4 Å². The van der Waals surface area contributed by atoms with Gasteiger partial charge in [-0.3, -0.25) is 9.69 Å². The summed E-state index contributed by atoms with van der Waals surface area (Å²) in [6.07, 6.45) is 1.61. The number of Topliss-reactive ketones (excluding diaryl/α,β-unsaturated/α-hetero) is 1.